The molecule has 0 aromatic heterocycles. The predicted molar refractivity (Wildman–Crippen MR) is 54.3 cm³/mol. The third-order valence-electron chi connectivity index (χ3n) is 1.86. The number of methoxy groups -OCH3 is 1. The van der Waals surface area contributed by atoms with Crippen LogP contribution in [-0.4, -0.2) is 26.0 Å². The highest BCUT2D eigenvalue weighted by Gasteiger charge is 2.09. The average molecular weight is 208 g/mol. The van der Waals surface area contributed by atoms with Crippen molar-refractivity contribution in [3.8, 4) is 5.75 Å². The van der Waals surface area contributed by atoms with Gasteiger partial charge in [-0.2, -0.15) is 0 Å². The summed E-state index contributed by atoms with van der Waals surface area (Å²) in [5, 5.41) is 0. The molecule has 0 amide bonds. The lowest BCUT2D eigenvalue weighted by molar-refractivity contribution is 0.0600. The van der Waals surface area contributed by atoms with Crippen molar-refractivity contribution in [2.45, 2.75) is 6.92 Å². The number of rotatable bonds is 4. The van der Waals surface area contributed by atoms with E-state index in [4.69, 9.17) is 4.74 Å². The number of ether oxygens (including phenoxy) is 2. The fourth-order valence-electron chi connectivity index (χ4n) is 1.17. The molecule has 1 rings (SSSR count). The number of benzene rings is 1. The quantitative estimate of drug-likeness (QED) is 0.558. The van der Waals surface area contributed by atoms with Crippen LogP contribution in [0.1, 0.15) is 27.6 Å². The minimum atomic E-state index is -0.471. The molecule has 0 radical (unpaired) electrons. The summed E-state index contributed by atoms with van der Waals surface area (Å²) in [4.78, 5) is 21.9. The Kier molecular flexibility index (Phi) is 3.85. The van der Waals surface area contributed by atoms with Crippen LogP contribution in [0.15, 0.2) is 18.2 Å². The summed E-state index contributed by atoms with van der Waals surface area (Å²) >= 11 is 0. The first-order valence-corrected chi connectivity index (χ1v) is 4.53. The molecule has 0 spiro atoms. The maximum atomic E-state index is 11.2. The van der Waals surface area contributed by atoms with Crippen LogP contribution in [0.3, 0.4) is 0 Å². The second-order valence-electron chi connectivity index (χ2n) is 2.80. The minimum Gasteiger partial charge on any atom is -0.493 e. The average Bonchev–Trinajstić information content (AvgIpc) is 2.29. The summed E-state index contributed by atoms with van der Waals surface area (Å²) in [6, 6.07) is 4.59. The van der Waals surface area contributed by atoms with E-state index in [0.717, 1.165) is 0 Å². The highest BCUT2D eigenvalue weighted by Crippen LogP contribution is 2.18. The van der Waals surface area contributed by atoms with E-state index in [1.165, 1.54) is 13.2 Å². The fraction of sp³-hybridized carbons (Fsp3) is 0.273. The molecule has 0 bridgehead atoms. The Morgan fingerprint density at radius 2 is 2.20 bits per heavy atom. The van der Waals surface area contributed by atoms with Gasteiger partial charge < -0.3 is 9.47 Å². The molecule has 4 nitrogen and oxygen atoms in total. The van der Waals surface area contributed by atoms with Gasteiger partial charge in [-0.15, -0.1) is 0 Å². The van der Waals surface area contributed by atoms with Gasteiger partial charge in [0.2, 0.25) is 0 Å². The number of hydrogen-bond acceptors (Lipinski definition) is 4. The van der Waals surface area contributed by atoms with Crippen molar-refractivity contribution in [2.75, 3.05) is 13.7 Å². The summed E-state index contributed by atoms with van der Waals surface area (Å²) in [5.74, 6) is 0.00121. The normalized spacial score (nSPS) is 9.47. The molecule has 0 aliphatic carbocycles. The molecule has 4 heteroatoms. The molecule has 80 valence electrons. The SMILES string of the molecule is CCOc1ccc(C(=O)OC)cc1C=O. The van der Waals surface area contributed by atoms with Gasteiger partial charge in [-0.1, -0.05) is 0 Å². The topological polar surface area (TPSA) is 52.6 Å². The van der Waals surface area contributed by atoms with Gasteiger partial charge in [-0.05, 0) is 25.1 Å². The van der Waals surface area contributed by atoms with Crippen molar-refractivity contribution in [3.63, 3.8) is 0 Å². The van der Waals surface area contributed by atoms with E-state index >= 15 is 0 Å². The Labute approximate surface area is 87.8 Å². The molecule has 0 heterocycles. The van der Waals surface area contributed by atoms with E-state index in [2.05, 4.69) is 4.74 Å². The van der Waals surface area contributed by atoms with E-state index in [1.807, 2.05) is 6.92 Å². The van der Waals surface area contributed by atoms with E-state index in [-0.39, 0.29) is 0 Å². The van der Waals surface area contributed by atoms with Crippen molar-refractivity contribution < 1.29 is 19.1 Å². The van der Waals surface area contributed by atoms with Crippen LogP contribution in [-0.2, 0) is 4.74 Å². The molecule has 0 N–H and O–H groups in total. The molecule has 15 heavy (non-hydrogen) atoms. The Balaban J connectivity index is 3.07. The van der Waals surface area contributed by atoms with Gasteiger partial charge in [0.25, 0.3) is 0 Å². The molecule has 0 saturated carbocycles. The Hall–Kier alpha value is -1.84. The summed E-state index contributed by atoms with van der Waals surface area (Å²) < 4.78 is 9.75. The smallest absolute Gasteiger partial charge is 0.337 e. The summed E-state index contributed by atoms with van der Waals surface area (Å²) in [6.45, 7) is 2.29. The predicted octanol–water partition coefficient (Wildman–Crippen LogP) is 1.68. The van der Waals surface area contributed by atoms with Crippen molar-refractivity contribution >= 4 is 12.3 Å². The van der Waals surface area contributed by atoms with E-state index < -0.39 is 5.97 Å². The Morgan fingerprint density at radius 1 is 1.47 bits per heavy atom. The molecule has 1 aromatic carbocycles. The molecule has 0 unspecified atom stereocenters. The number of carbonyl (C=O) groups is 2. The van der Waals surface area contributed by atoms with Crippen molar-refractivity contribution in [3.05, 3.63) is 29.3 Å². The van der Waals surface area contributed by atoms with Crippen LogP contribution in [0.5, 0.6) is 5.75 Å². The van der Waals surface area contributed by atoms with Crippen LogP contribution in [0.4, 0.5) is 0 Å². The van der Waals surface area contributed by atoms with Gasteiger partial charge in [0.15, 0.2) is 6.29 Å². The van der Waals surface area contributed by atoms with Gasteiger partial charge in [0, 0.05) is 0 Å². The summed E-state index contributed by atoms with van der Waals surface area (Å²) in [6.07, 6.45) is 0.650. The van der Waals surface area contributed by atoms with Gasteiger partial charge in [-0.3, -0.25) is 4.79 Å². The van der Waals surface area contributed by atoms with Gasteiger partial charge in [0.1, 0.15) is 5.75 Å². The third kappa shape index (κ3) is 2.56. The maximum absolute atomic E-state index is 11.2. The highest BCUT2D eigenvalue weighted by molar-refractivity contribution is 5.92. The zero-order valence-electron chi connectivity index (χ0n) is 8.65. The van der Waals surface area contributed by atoms with Crippen molar-refractivity contribution in [2.24, 2.45) is 0 Å². The van der Waals surface area contributed by atoms with Crippen LogP contribution in [0.2, 0.25) is 0 Å². The van der Waals surface area contributed by atoms with E-state index in [0.29, 0.717) is 29.8 Å². The van der Waals surface area contributed by atoms with Crippen molar-refractivity contribution in [1.82, 2.24) is 0 Å². The lowest BCUT2D eigenvalue weighted by Gasteiger charge is -2.07. The number of hydrogen-bond donors (Lipinski definition) is 0. The van der Waals surface area contributed by atoms with Crippen LogP contribution >= 0.6 is 0 Å². The zero-order chi connectivity index (χ0) is 11.3. The van der Waals surface area contributed by atoms with E-state index in [9.17, 15) is 9.59 Å². The van der Waals surface area contributed by atoms with Crippen molar-refractivity contribution in [1.29, 1.82) is 0 Å². The number of carbonyl (C=O) groups excluding carboxylic acids is 2. The monoisotopic (exact) mass is 208 g/mol. The highest BCUT2D eigenvalue weighted by atomic mass is 16.5. The first-order valence-electron chi connectivity index (χ1n) is 4.53. The van der Waals surface area contributed by atoms with E-state index in [1.54, 1.807) is 12.1 Å². The Bertz CT molecular complexity index is 371. The minimum absolute atomic E-state index is 0.336. The molecule has 0 atom stereocenters. The first-order chi connectivity index (χ1) is 7.22. The largest absolute Gasteiger partial charge is 0.493 e. The molecular formula is C11H12O4. The first kappa shape index (κ1) is 11.2. The summed E-state index contributed by atoms with van der Waals surface area (Å²) in [5.41, 5.74) is 0.683. The fourth-order valence-corrected chi connectivity index (χ4v) is 1.17. The molecule has 1 aromatic rings. The van der Waals surface area contributed by atoms with Gasteiger partial charge >= 0.3 is 5.97 Å². The van der Waals surface area contributed by atoms with Crippen LogP contribution < -0.4 is 4.74 Å². The number of aldehydes is 1. The zero-order valence-corrected chi connectivity index (χ0v) is 8.65. The summed E-state index contributed by atoms with van der Waals surface area (Å²) in [7, 11) is 1.29. The molecule has 0 aliphatic rings. The lowest BCUT2D eigenvalue weighted by atomic mass is 10.1. The molecule has 0 fully saturated rings. The molecule has 0 saturated heterocycles. The second-order valence-corrected chi connectivity index (χ2v) is 2.80. The number of esters is 1. The van der Waals surface area contributed by atoms with Crippen LogP contribution in [0, 0.1) is 0 Å². The molecule has 0 aliphatic heterocycles. The third-order valence-corrected chi connectivity index (χ3v) is 1.86. The van der Waals surface area contributed by atoms with Gasteiger partial charge in [0.05, 0.1) is 24.8 Å². The standard InChI is InChI=1S/C11H12O4/c1-3-15-10-5-4-8(11(13)14-2)6-9(10)7-12/h4-7H,3H2,1-2H3. The Morgan fingerprint density at radius 3 is 2.73 bits per heavy atom. The maximum Gasteiger partial charge on any atom is 0.337 e. The van der Waals surface area contributed by atoms with Gasteiger partial charge in [-0.25, -0.2) is 4.79 Å². The van der Waals surface area contributed by atoms with Crippen LogP contribution in [0.25, 0.3) is 0 Å². The second kappa shape index (κ2) is 5.14. The molecular weight excluding hydrogens is 196 g/mol. The lowest BCUT2D eigenvalue weighted by Crippen LogP contribution is -2.03.